The second-order valence-corrected chi connectivity index (χ2v) is 8.80. The van der Waals surface area contributed by atoms with Gasteiger partial charge in [0.05, 0.1) is 18.6 Å². The molecule has 164 valence electrons. The fourth-order valence-electron chi connectivity index (χ4n) is 5.85. The van der Waals surface area contributed by atoms with E-state index in [2.05, 4.69) is 89.4 Å². The number of ether oxygens (including phenoxy) is 1. The Bertz CT molecular complexity index is 1480. The summed E-state index contributed by atoms with van der Waals surface area (Å²) in [4.78, 5) is 17.1. The van der Waals surface area contributed by atoms with Crippen LogP contribution in [-0.2, 0) is 9.53 Å². The number of aromatic nitrogens is 2. The van der Waals surface area contributed by atoms with Crippen LogP contribution in [0.15, 0.2) is 85.1 Å². The minimum absolute atomic E-state index is 0.0867. The zero-order valence-corrected chi connectivity index (χ0v) is 18.8. The van der Waals surface area contributed by atoms with Crippen molar-refractivity contribution < 1.29 is 9.53 Å². The molecule has 0 fully saturated rings. The number of aromatic amines is 1. The van der Waals surface area contributed by atoms with Gasteiger partial charge in [-0.3, -0.25) is 4.79 Å². The average Bonchev–Trinajstić information content (AvgIpc) is 3.51. The number of nitrogens with zero attached hydrogens (tertiary/aromatic N) is 1. The molecule has 4 nitrogen and oxygen atoms in total. The number of para-hydroxylation sites is 2. The average molecular weight is 435 g/mol. The smallest absolute Gasteiger partial charge is 0.312 e. The molecule has 0 radical (unpaired) electrons. The van der Waals surface area contributed by atoms with E-state index in [1.165, 1.54) is 16.6 Å². The van der Waals surface area contributed by atoms with E-state index in [1.807, 2.05) is 19.1 Å². The molecule has 1 aliphatic heterocycles. The summed E-state index contributed by atoms with van der Waals surface area (Å²) in [6, 6.07) is 27.1. The van der Waals surface area contributed by atoms with Gasteiger partial charge in [-0.2, -0.15) is 0 Å². The lowest BCUT2D eigenvalue weighted by Gasteiger charge is -2.25. The van der Waals surface area contributed by atoms with E-state index < -0.39 is 0 Å². The molecule has 1 aliphatic rings. The van der Waals surface area contributed by atoms with Crippen LogP contribution in [0.5, 0.6) is 0 Å². The number of esters is 1. The zero-order chi connectivity index (χ0) is 22.5. The van der Waals surface area contributed by atoms with Gasteiger partial charge in [-0.1, -0.05) is 66.7 Å². The number of rotatable bonds is 4. The summed E-state index contributed by atoms with van der Waals surface area (Å²) in [6.45, 7) is 4.43. The maximum absolute atomic E-state index is 13.6. The Hall–Kier alpha value is -3.79. The molecule has 0 bridgehead atoms. The zero-order valence-electron chi connectivity index (χ0n) is 18.8. The van der Waals surface area contributed by atoms with Crippen molar-refractivity contribution in [2.75, 3.05) is 6.61 Å². The lowest BCUT2D eigenvalue weighted by atomic mass is 9.79. The molecule has 4 heteroatoms. The van der Waals surface area contributed by atoms with Crippen LogP contribution in [0, 0.1) is 12.8 Å². The summed E-state index contributed by atoms with van der Waals surface area (Å²) >= 11 is 0. The first kappa shape index (κ1) is 19.9. The number of carbonyl (C=O) groups excluding carboxylic acids is 1. The van der Waals surface area contributed by atoms with Crippen LogP contribution in [0.1, 0.15) is 41.3 Å². The Labute approximate surface area is 192 Å². The molecule has 0 saturated carbocycles. The highest BCUT2D eigenvalue weighted by Gasteiger charge is 2.49. The molecule has 3 atom stereocenters. The quantitative estimate of drug-likeness (QED) is 0.335. The second kappa shape index (κ2) is 7.66. The minimum Gasteiger partial charge on any atom is -0.466 e. The van der Waals surface area contributed by atoms with Crippen molar-refractivity contribution in [3.8, 4) is 0 Å². The Kier molecular flexibility index (Phi) is 4.61. The van der Waals surface area contributed by atoms with Gasteiger partial charge in [0.2, 0.25) is 0 Å². The standard InChI is InChI=1S/C29H26N2O2/c1-3-33-29(32)26-25(19-11-5-4-6-12-19)27-18(2)20-13-8-10-16-24(20)31(27)28(26)22-17-30-23-15-9-7-14-21(22)23/h4-17,25-26,28,30H,3H2,1-2H3/t25-,26-,28+/m1/s1. The van der Waals surface area contributed by atoms with Crippen molar-refractivity contribution >= 4 is 27.8 Å². The Morgan fingerprint density at radius 2 is 1.64 bits per heavy atom. The first-order valence-corrected chi connectivity index (χ1v) is 11.6. The van der Waals surface area contributed by atoms with Crippen molar-refractivity contribution in [3.05, 3.63) is 107 Å². The summed E-state index contributed by atoms with van der Waals surface area (Å²) in [5.41, 5.74) is 6.95. The van der Waals surface area contributed by atoms with E-state index in [-0.39, 0.29) is 23.8 Å². The molecule has 33 heavy (non-hydrogen) atoms. The number of H-pyrrole nitrogens is 1. The monoisotopic (exact) mass is 434 g/mol. The van der Waals surface area contributed by atoms with Gasteiger partial charge in [-0.25, -0.2) is 0 Å². The van der Waals surface area contributed by atoms with Crippen molar-refractivity contribution in [1.29, 1.82) is 0 Å². The molecule has 0 spiro atoms. The highest BCUT2D eigenvalue weighted by atomic mass is 16.5. The molecule has 0 unspecified atom stereocenters. The van der Waals surface area contributed by atoms with Crippen LogP contribution < -0.4 is 0 Å². The SMILES string of the molecule is CCOC(=O)[C@@H]1[C@@H](c2ccccc2)c2c(C)c3ccccc3n2[C@H]1c1c[nH]c2ccccc12. The summed E-state index contributed by atoms with van der Waals surface area (Å²) in [6.07, 6.45) is 2.07. The van der Waals surface area contributed by atoms with E-state index in [1.54, 1.807) is 0 Å². The van der Waals surface area contributed by atoms with E-state index >= 15 is 0 Å². The third-order valence-corrected chi connectivity index (χ3v) is 7.14. The third kappa shape index (κ3) is 2.87. The Morgan fingerprint density at radius 3 is 2.42 bits per heavy atom. The van der Waals surface area contributed by atoms with Gasteiger partial charge in [0.15, 0.2) is 0 Å². The van der Waals surface area contributed by atoms with E-state index in [9.17, 15) is 4.79 Å². The molecular formula is C29H26N2O2. The molecule has 6 rings (SSSR count). The molecule has 0 saturated heterocycles. The maximum Gasteiger partial charge on any atom is 0.312 e. The normalized spacial score (nSPS) is 19.8. The van der Waals surface area contributed by atoms with Gasteiger partial charge in [0.25, 0.3) is 0 Å². The van der Waals surface area contributed by atoms with E-state index in [4.69, 9.17) is 4.74 Å². The highest BCUT2D eigenvalue weighted by molar-refractivity contribution is 5.91. The minimum atomic E-state index is -0.357. The fraction of sp³-hybridized carbons (Fsp3) is 0.207. The molecule has 3 aromatic carbocycles. The first-order chi connectivity index (χ1) is 16.2. The van der Waals surface area contributed by atoms with Crippen LogP contribution in [0.3, 0.4) is 0 Å². The number of nitrogens with one attached hydrogen (secondary N) is 1. The first-order valence-electron chi connectivity index (χ1n) is 11.6. The van der Waals surface area contributed by atoms with Crippen molar-refractivity contribution in [2.24, 2.45) is 5.92 Å². The number of hydrogen-bond donors (Lipinski definition) is 1. The number of aryl methyl sites for hydroxylation is 1. The topological polar surface area (TPSA) is 47.0 Å². The number of fused-ring (bicyclic) bond motifs is 4. The van der Waals surface area contributed by atoms with Crippen LogP contribution in [0.25, 0.3) is 21.8 Å². The summed E-state index contributed by atoms with van der Waals surface area (Å²) in [5, 5.41) is 2.38. The maximum atomic E-state index is 13.6. The van der Waals surface area contributed by atoms with E-state index in [0.717, 1.165) is 27.5 Å². The predicted octanol–water partition coefficient (Wildman–Crippen LogP) is 6.35. The molecule has 0 amide bonds. The van der Waals surface area contributed by atoms with Crippen molar-refractivity contribution in [1.82, 2.24) is 9.55 Å². The number of carbonyl (C=O) groups is 1. The molecule has 2 aromatic heterocycles. The van der Waals surface area contributed by atoms with Crippen LogP contribution in [0.4, 0.5) is 0 Å². The van der Waals surface area contributed by atoms with Gasteiger partial charge < -0.3 is 14.3 Å². The van der Waals surface area contributed by atoms with Gasteiger partial charge in [0, 0.05) is 45.2 Å². The summed E-state index contributed by atoms with van der Waals surface area (Å²) < 4.78 is 8.11. The molecule has 3 heterocycles. The second-order valence-electron chi connectivity index (χ2n) is 8.80. The highest BCUT2D eigenvalue weighted by Crippen LogP contribution is 2.53. The number of hydrogen-bond acceptors (Lipinski definition) is 2. The van der Waals surface area contributed by atoms with Gasteiger partial charge >= 0.3 is 5.97 Å². The van der Waals surface area contributed by atoms with Gasteiger partial charge in [-0.05, 0) is 37.1 Å². The van der Waals surface area contributed by atoms with Crippen LogP contribution in [-0.4, -0.2) is 22.1 Å². The third-order valence-electron chi connectivity index (χ3n) is 7.14. The fourth-order valence-corrected chi connectivity index (χ4v) is 5.85. The molecule has 1 N–H and O–H groups in total. The van der Waals surface area contributed by atoms with Crippen LogP contribution >= 0.6 is 0 Å². The largest absolute Gasteiger partial charge is 0.466 e. The predicted molar refractivity (Wildman–Crippen MR) is 132 cm³/mol. The Morgan fingerprint density at radius 1 is 0.939 bits per heavy atom. The lowest BCUT2D eigenvalue weighted by Crippen LogP contribution is -2.28. The van der Waals surface area contributed by atoms with Crippen LogP contribution in [0.2, 0.25) is 0 Å². The van der Waals surface area contributed by atoms with Gasteiger partial charge in [0.1, 0.15) is 0 Å². The molecule has 0 aliphatic carbocycles. The molecule has 5 aromatic rings. The summed E-state index contributed by atoms with van der Waals surface area (Å²) in [7, 11) is 0. The van der Waals surface area contributed by atoms with Gasteiger partial charge in [-0.15, -0.1) is 0 Å². The number of benzene rings is 3. The lowest BCUT2D eigenvalue weighted by molar-refractivity contribution is -0.149. The Balaban J connectivity index is 1.70. The van der Waals surface area contributed by atoms with Crippen molar-refractivity contribution in [2.45, 2.75) is 25.8 Å². The molecular weight excluding hydrogens is 408 g/mol. The van der Waals surface area contributed by atoms with Crippen molar-refractivity contribution in [3.63, 3.8) is 0 Å². The van der Waals surface area contributed by atoms with E-state index in [0.29, 0.717) is 6.61 Å². The summed E-state index contributed by atoms with van der Waals surface area (Å²) in [5.74, 6) is -0.588.